The van der Waals surface area contributed by atoms with Gasteiger partial charge in [0.1, 0.15) is 0 Å². The van der Waals surface area contributed by atoms with E-state index in [1.165, 1.54) is 18.4 Å². The molecule has 2 nitrogen and oxygen atoms in total. The van der Waals surface area contributed by atoms with Gasteiger partial charge in [0.25, 0.3) is 5.91 Å². The number of carbonyl (C=O) groups excluding carboxylic acids is 1. The second-order valence-corrected chi connectivity index (χ2v) is 6.13. The number of unbranched alkanes of at least 4 members (excludes halogenated alkanes) is 1. The molecule has 0 atom stereocenters. The summed E-state index contributed by atoms with van der Waals surface area (Å²) in [5, 5.41) is 2.95. The number of benzene rings is 2. The monoisotopic (exact) mass is 345 g/mol. The van der Waals surface area contributed by atoms with E-state index in [1.54, 1.807) is 0 Å². The van der Waals surface area contributed by atoms with Crippen molar-refractivity contribution in [3.63, 3.8) is 0 Å². The second-order valence-electron chi connectivity index (χ2n) is 5.21. The van der Waals surface area contributed by atoms with Gasteiger partial charge in [-0.25, -0.2) is 0 Å². The Kier molecular flexibility index (Phi) is 5.57. The van der Waals surface area contributed by atoms with Crippen molar-refractivity contribution in [3.05, 3.63) is 63.6 Å². The van der Waals surface area contributed by atoms with Gasteiger partial charge in [0.05, 0.1) is 0 Å². The van der Waals surface area contributed by atoms with Gasteiger partial charge in [-0.1, -0.05) is 47.5 Å². The lowest BCUT2D eigenvalue weighted by Crippen LogP contribution is -2.13. The average molecular weight is 346 g/mol. The molecule has 0 aliphatic heterocycles. The fourth-order valence-corrected chi connectivity index (χ4v) is 2.53. The Labute approximate surface area is 134 Å². The Bertz CT molecular complexity index is 620. The van der Waals surface area contributed by atoms with Gasteiger partial charge in [-0.05, 0) is 55.2 Å². The summed E-state index contributed by atoms with van der Waals surface area (Å²) in [6, 6.07) is 13.8. The summed E-state index contributed by atoms with van der Waals surface area (Å²) in [4.78, 5) is 12.3. The Morgan fingerprint density at radius 3 is 2.52 bits per heavy atom. The Morgan fingerprint density at radius 1 is 1.14 bits per heavy atom. The normalized spacial score (nSPS) is 10.4. The molecule has 21 heavy (non-hydrogen) atoms. The SMILES string of the molecule is CCCCc1ccc(NC(=O)c2cc(Br)ccc2C)cc1. The van der Waals surface area contributed by atoms with Crippen LogP contribution in [0.4, 0.5) is 5.69 Å². The first kappa shape index (κ1) is 15.8. The van der Waals surface area contributed by atoms with E-state index >= 15 is 0 Å². The molecule has 0 fully saturated rings. The third-order valence-electron chi connectivity index (χ3n) is 3.48. The molecule has 0 bridgehead atoms. The van der Waals surface area contributed by atoms with E-state index < -0.39 is 0 Å². The summed E-state index contributed by atoms with van der Waals surface area (Å²) in [7, 11) is 0. The highest BCUT2D eigenvalue weighted by atomic mass is 79.9. The molecule has 2 aromatic rings. The molecule has 1 N–H and O–H groups in total. The Morgan fingerprint density at radius 2 is 1.86 bits per heavy atom. The van der Waals surface area contributed by atoms with Crippen LogP contribution in [0.15, 0.2) is 46.9 Å². The summed E-state index contributed by atoms with van der Waals surface area (Å²) >= 11 is 3.40. The van der Waals surface area contributed by atoms with Crippen molar-refractivity contribution in [2.75, 3.05) is 5.32 Å². The summed E-state index contributed by atoms with van der Waals surface area (Å²) in [5.74, 6) is -0.0740. The topological polar surface area (TPSA) is 29.1 Å². The van der Waals surface area contributed by atoms with E-state index in [-0.39, 0.29) is 5.91 Å². The molecule has 2 rings (SSSR count). The van der Waals surface area contributed by atoms with Crippen molar-refractivity contribution in [1.29, 1.82) is 0 Å². The molecule has 0 radical (unpaired) electrons. The molecule has 0 aliphatic rings. The smallest absolute Gasteiger partial charge is 0.255 e. The Balaban J connectivity index is 2.07. The van der Waals surface area contributed by atoms with Gasteiger partial charge in [-0.15, -0.1) is 0 Å². The fourth-order valence-electron chi connectivity index (χ4n) is 2.17. The fraction of sp³-hybridized carbons (Fsp3) is 0.278. The number of halogens is 1. The zero-order valence-corrected chi connectivity index (χ0v) is 14.0. The summed E-state index contributed by atoms with van der Waals surface area (Å²) in [6.45, 7) is 4.13. The number of rotatable bonds is 5. The molecular formula is C18H20BrNO. The molecule has 0 saturated carbocycles. The van der Waals surface area contributed by atoms with Crippen LogP contribution in [0, 0.1) is 6.92 Å². The number of hydrogen-bond donors (Lipinski definition) is 1. The quantitative estimate of drug-likeness (QED) is 0.777. The minimum Gasteiger partial charge on any atom is -0.322 e. The van der Waals surface area contributed by atoms with Crippen molar-refractivity contribution in [2.45, 2.75) is 33.1 Å². The van der Waals surface area contributed by atoms with Crippen molar-refractivity contribution in [2.24, 2.45) is 0 Å². The number of anilines is 1. The van der Waals surface area contributed by atoms with Crippen LogP contribution in [0.1, 0.15) is 41.3 Å². The highest BCUT2D eigenvalue weighted by Gasteiger charge is 2.09. The summed E-state index contributed by atoms with van der Waals surface area (Å²) in [5.41, 5.74) is 3.81. The van der Waals surface area contributed by atoms with Crippen LogP contribution in [-0.2, 0) is 6.42 Å². The van der Waals surface area contributed by atoms with Crippen LogP contribution < -0.4 is 5.32 Å². The van der Waals surface area contributed by atoms with E-state index in [2.05, 4.69) is 40.3 Å². The first-order chi connectivity index (χ1) is 10.1. The molecule has 0 aliphatic carbocycles. The van der Waals surface area contributed by atoms with E-state index in [0.717, 1.165) is 22.1 Å². The molecule has 3 heteroatoms. The lowest BCUT2D eigenvalue weighted by atomic mass is 10.1. The van der Waals surface area contributed by atoms with Crippen LogP contribution in [0.3, 0.4) is 0 Å². The van der Waals surface area contributed by atoms with Crippen LogP contribution in [0.5, 0.6) is 0 Å². The maximum Gasteiger partial charge on any atom is 0.255 e. The van der Waals surface area contributed by atoms with Crippen LogP contribution in [0.25, 0.3) is 0 Å². The van der Waals surface area contributed by atoms with Crippen LogP contribution in [0.2, 0.25) is 0 Å². The van der Waals surface area contributed by atoms with Crippen molar-refractivity contribution in [3.8, 4) is 0 Å². The molecule has 110 valence electrons. The third kappa shape index (κ3) is 4.43. The number of hydrogen-bond acceptors (Lipinski definition) is 1. The Hall–Kier alpha value is -1.61. The van der Waals surface area contributed by atoms with Crippen molar-refractivity contribution in [1.82, 2.24) is 0 Å². The van der Waals surface area contributed by atoms with Crippen LogP contribution >= 0.6 is 15.9 Å². The van der Waals surface area contributed by atoms with Gasteiger partial charge in [-0.3, -0.25) is 4.79 Å². The number of carbonyl (C=O) groups is 1. The van der Waals surface area contributed by atoms with Gasteiger partial charge in [0, 0.05) is 15.7 Å². The molecule has 0 aromatic heterocycles. The number of nitrogens with one attached hydrogen (secondary N) is 1. The molecule has 0 saturated heterocycles. The van der Waals surface area contributed by atoms with Crippen LogP contribution in [-0.4, -0.2) is 5.91 Å². The van der Waals surface area contributed by atoms with Gasteiger partial charge in [-0.2, -0.15) is 0 Å². The number of amides is 1. The lowest BCUT2D eigenvalue weighted by molar-refractivity contribution is 0.102. The predicted molar refractivity (Wildman–Crippen MR) is 91.9 cm³/mol. The summed E-state index contributed by atoms with van der Waals surface area (Å²) in [6.07, 6.45) is 3.49. The summed E-state index contributed by atoms with van der Waals surface area (Å²) < 4.78 is 0.910. The van der Waals surface area contributed by atoms with E-state index in [0.29, 0.717) is 5.56 Å². The van der Waals surface area contributed by atoms with E-state index in [4.69, 9.17) is 0 Å². The van der Waals surface area contributed by atoms with Gasteiger partial charge >= 0.3 is 0 Å². The van der Waals surface area contributed by atoms with Crippen molar-refractivity contribution < 1.29 is 4.79 Å². The molecule has 0 unspecified atom stereocenters. The standard InChI is InChI=1S/C18H20BrNO/c1-3-4-5-14-7-10-16(11-8-14)20-18(21)17-12-15(19)9-6-13(17)2/h6-12H,3-5H2,1-2H3,(H,20,21). The molecule has 0 spiro atoms. The maximum absolute atomic E-state index is 12.3. The zero-order chi connectivity index (χ0) is 15.2. The van der Waals surface area contributed by atoms with E-state index in [9.17, 15) is 4.79 Å². The number of aryl methyl sites for hydroxylation is 2. The molecule has 2 aromatic carbocycles. The minimum atomic E-state index is -0.0740. The second kappa shape index (κ2) is 7.41. The highest BCUT2D eigenvalue weighted by molar-refractivity contribution is 9.10. The van der Waals surface area contributed by atoms with Gasteiger partial charge in [0.2, 0.25) is 0 Å². The zero-order valence-electron chi connectivity index (χ0n) is 12.4. The molecule has 0 heterocycles. The third-order valence-corrected chi connectivity index (χ3v) is 3.97. The molecular weight excluding hydrogens is 326 g/mol. The first-order valence-electron chi connectivity index (χ1n) is 7.26. The average Bonchev–Trinajstić information content (AvgIpc) is 2.49. The molecule has 1 amide bonds. The van der Waals surface area contributed by atoms with E-state index in [1.807, 2.05) is 37.3 Å². The lowest BCUT2D eigenvalue weighted by Gasteiger charge is -2.09. The van der Waals surface area contributed by atoms with Crippen molar-refractivity contribution >= 4 is 27.5 Å². The maximum atomic E-state index is 12.3. The largest absolute Gasteiger partial charge is 0.322 e. The first-order valence-corrected chi connectivity index (χ1v) is 8.06. The van der Waals surface area contributed by atoms with Gasteiger partial charge < -0.3 is 5.32 Å². The van der Waals surface area contributed by atoms with Gasteiger partial charge in [0.15, 0.2) is 0 Å². The minimum absolute atomic E-state index is 0.0740. The predicted octanol–water partition coefficient (Wildman–Crippen LogP) is 5.35. The highest BCUT2D eigenvalue weighted by Crippen LogP contribution is 2.18.